The van der Waals surface area contributed by atoms with Crippen LogP contribution in [0.15, 0.2) is 72.8 Å². The van der Waals surface area contributed by atoms with Gasteiger partial charge in [0.15, 0.2) is 5.78 Å². The Morgan fingerprint density at radius 3 is 2.03 bits per heavy atom. The highest BCUT2D eigenvalue weighted by Crippen LogP contribution is 2.27. The van der Waals surface area contributed by atoms with Gasteiger partial charge in [-0.2, -0.15) is 0 Å². The van der Waals surface area contributed by atoms with Gasteiger partial charge in [-0.1, -0.05) is 48.5 Å². The highest BCUT2D eigenvalue weighted by atomic mass is 16.5. The number of amides is 2. The molecule has 0 fully saturated rings. The third kappa shape index (κ3) is 6.22. The molecule has 0 aromatic heterocycles. The third-order valence-corrected chi connectivity index (χ3v) is 5.30. The van der Waals surface area contributed by atoms with Crippen LogP contribution < -0.4 is 15.4 Å². The molecule has 0 saturated heterocycles. The molecule has 3 N–H and O–H groups in total. The second-order valence-corrected chi connectivity index (χ2v) is 8.45. The molecule has 0 heterocycles. The standard InChI is InChI=1S/C27H28N2O5/c1-4-34-24-8-6-5-7-22(24)29-26(33)28-21-15-13-19(14-16-21)18-9-11-20(12-10-18)23(30)17-27(2,3)25(31)32/h5-16H,4,17H2,1-3H3,(H,31,32)(H2,28,29,33). The van der Waals surface area contributed by atoms with Crippen molar-refractivity contribution in [1.82, 2.24) is 0 Å². The van der Waals surface area contributed by atoms with Gasteiger partial charge in [0.25, 0.3) is 0 Å². The quantitative estimate of drug-likeness (QED) is 0.336. The summed E-state index contributed by atoms with van der Waals surface area (Å²) in [5, 5.41) is 14.8. The first kappa shape index (κ1) is 24.5. The molecule has 0 radical (unpaired) electrons. The van der Waals surface area contributed by atoms with Crippen molar-refractivity contribution in [3.63, 3.8) is 0 Å². The summed E-state index contributed by atoms with van der Waals surface area (Å²) in [4.78, 5) is 36.1. The van der Waals surface area contributed by atoms with Crippen LogP contribution in [-0.2, 0) is 4.79 Å². The number of carboxylic acids is 1. The molecular weight excluding hydrogens is 432 g/mol. The van der Waals surface area contributed by atoms with Gasteiger partial charge in [-0.25, -0.2) is 4.79 Å². The molecule has 0 spiro atoms. The van der Waals surface area contributed by atoms with E-state index < -0.39 is 11.4 Å². The number of ether oxygens (including phenoxy) is 1. The minimum absolute atomic E-state index is 0.0703. The zero-order chi connectivity index (χ0) is 24.7. The van der Waals surface area contributed by atoms with Crippen LogP contribution in [-0.4, -0.2) is 29.5 Å². The van der Waals surface area contributed by atoms with E-state index in [-0.39, 0.29) is 18.2 Å². The SMILES string of the molecule is CCOc1ccccc1NC(=O)Nc1ccc(-c2ccc(C(=O)CC(C)(C)C(=O)O)cc2)cc1. The fourth-order valence-electron chi connectivity index (χ4n) is 3.31. The van der Waals surface area contributed by atoms with Crippen LogP contribution in [0.5, 0.6) is 5.75 Å². The molecule has 3 rings (SSSR count). The maximum atomic E-state index is 12.4. The van der Waals surface area contributed by atoms with E-state index in [1.807, 2.05) is 43.3 Å². The number of carbonyl (C=O) groups is 3. The van der Waals surface area contributed by atoms with Gasteiger partial charge in [0.05, 0.1) is 17.7 Å². The van der Waals surface area contributed by atoms with E-state index in [0.717, 1.165) is 11.1 Å². The number of carbonyl (C=O) groups excluding carboxylic acids is 2. The number of hydrogen-bond donors (Lipinski definition) is 3. The van der Waals surface area contributed by atoms with Gasteiger partial charge in [0.1, 0.15) is 5.75 Å². The lowest BCUT2D eigenvalue weighted by Crippen LogP contribution is -2.26. The lowest BCUT2D eigenvalue weighted by molar-refractivity contribution is -0.146. The number of hydrogen-bond acceptors (Lipinski definition) is 4. The zero-order valence-corrected chi connectivity index (χ0v) is 19.4. The van der Waals surface area contributed by atoms with Gasteiger partial charge in [-0.15, -0.1) is 0 Å². The summed E-state index contributed by atoms with van der Waals surface area (Å²) >= 11 is 0. The minimum Gasteiger partial charge on any atom is -0.492 e. The lowest BCUT2D eigenvalue weighted by atomic mass is 9.85. The van der Waals surface area contributed by atoms with Crippen LogP contribution in [0.1, 0.15) is 37.6 Å². The molecule has 3 aromatic rings. The molecule has 0 aliphatic heterocycles. The number of para-hydroxylation sites is 2. The third-order valence-electron chi connectivity index (χ3n) is 5.30. The highest BCUT2D eigenvalue weighted by molar-refractivity contribution is 6.01. The van der Waals surface area contributed by atoms with Crippen molar-refractivity contribution >= 4 is 29.2 Å². The maximum absolute atomic E-state index is 12.4. The molecule has 0 saturated carbocycles. The van der Waals surface area contributed by atoms with E-state index in [1.54, 1.807) is 36.4 Å². The Hall–Kier alpha value is -4.13. The van der Waals surface area contributed by atoms with Gasteiger partial charge in [0, 0.05) is 17.7 Å². The molecular formula is C27H28N2O5. The van der Waals surface area contributed by atoms with Crippen molar-refractivity contribution in [3.05, 3.63) is 78.4 Å². The van der Waals surface area contributed by atoms with Crippen molar-refractivity contribution in [2.75, 3.05) is 17.2 Å². The normalized spacial score (nSPS) is 10.9. The van der Waals surface area contributed by atoms with Crippen LogP contribution >= 0.6 is 0 Å². The molecule has 0 bridgehead atoms. The van der Waals surface area contributed by atoms with Crippen LogP contribution in [0.2, 0.25) is 0 Å². The lowest BCUT2D eigenvalue weighted by Gasteiger charge is -2.17. The Balaban J connectivity index is 1.63. The van der Waals surface area contributed by atoms with E-state index in [2.05, 4.69) is 10.6 Å². The molecule has 2 amide bonds. The molecule has 7 nitrogen and oxygen atoms in total. The smallest absolute Gasteiger partial charge is 0.323 e. The van der Waals surface area contributed by atoms with Crippen molar-refractivity contribution in [2.24, 2.45) is 5.41 Å². The Kier molecular flexibility index (Phi) is 7.68. The first-order valence-corrected chi connectivity index (χ1v) is 11.0. The summed E-state index contributed by atoms with van der Waals surface area (Å²) in [5.41, 5.74) is 2.38. The van der Waals surface area contributed by atoms with Gasteiger partial charge < -0.3 is 20.5 Å². The van der Waals surface area contributed by atoms with Gasteiger partial charge in [-0.05, 0) is 56.2 Å². The van der Waals surface area contributed by atoms with Crippen LogP contribution in [0, 0.1) is 5.41 Å². The first-order chi connectivity index (χ1) is 16.2. The summed E-state index contributed by atoms with van der Waals surface area (Å²) in [6, 6.07) is 21.2. The number of urea groups is 1. The molecule has 176 valence electrons. The fourth-order valence-corrected chi connectivity index (χ4v) is 3.31. The molecule has 0 aliphatic carbocycles. The molecule has 0 aliphatic rings. The predicted molar refractivity (Wildman–Crippen MR) is 132 cm³/mol. The van der Waals surface area contributed by atoms with Gasteiger partial charge in [0.2, 0.25) is 0 Å². The van der Waals surface area contributed by atoms with E-state index in [9.17, 15) is 19.5 Å². The van der Waals surface area contributed by atoms with Crippen molar-refractivity contribution in [3.8, 4) is 16.9 Å². The summed E-state index contributed by atoms with van der Waals surface area (Å²) in [6.45, 7) is 5.45. The number of aliphatic carboxylic acids is 1. The topological polar surface area (TPSA) is 105 Å². The van der Waals surface area contributed by atoms with Crippen LogP contribution in [0.3, 0.4) is 0 Å². The average molecular weight is 461 g/mol. The average Bonchev–Trinajstić information content (AvgIpc) is 2.81. The summed E-state index contributed by atoms with van der Waals surface area (Å²) < 4.78 is 5.52. The summed E-state index contributed by atoms with van der Waals surface area (Å²) in [6.07, 6.45) is -0.0703. The Morgan fingerprint density at radius 1 is 0.853 bits per heavy atom. The van der Waals surface area contributed by atoms with E-state index in [0.29, 0.717) is 29.3 Å². The van der Waals surface area contributed by atoms with Gasteiger partial charge in [-0.3, -0.25) is 9.59 Å². The molecule has 0 atom stereocenters. The number of ketones is 1. The van der Waals surface area contributed by atoms with E-state index >= 15 is 0 Å². The summed E-state index contributed by atoms with van der Waals surface area (Å²) in [5.74, 6) is -0.613. The monoisotopic (exact) mass is 460 g/mol. The summed E-state index contributed by atoms with van der Waals surface area (Å²) in [7, 11) is 0. The van der Waals surface area contributed by atoms with Crippen molar-refractivity contribution in [1.29, 1.82) is 0 Å². The molecule has 3 aromatic carbocycles. The van der Waals surface area contributed by atoms with Crippen molar-refractivity contribution in [2.45, 2.75) is 27.2 Å². The minimum atomic E-state index is -1.12. The molecule has 7 heteroatoms. The zero-order valence-electron chi connectivity index (χ0n) is 19.4. The maximum Gasteiger partial charge on any atom is 0.323 e. The van der Waals surface area contributed by atoms with Crippen LogP contribution in [0.4, 0.5) is 16.2 Å². The Morgan fingerprint density at radius 2 is 1.44 bits per heavy atom. The van der Waals surface area contributed by atoms with Gasteiger partial charge >= 0.3 is 12.0 Å². The van der Waals surface area contributed by atoms with E-state index in [1.165, 1.54) is 13.8 Å². The number of rotatable bonds is 9. The fraction of sp³-hybridized carbons (Fsp3) is 0.222. The highest BCUT2D eigenvalue weighted by Gasteiger charge is 2.30. The largest absolute Gasteiger partial charge is 0.492 e. The molecule has 34 heavy (non-hydrogen) atoms. The second-order valence-electron chi connectivity index (χ2n) is 8.45. The number of nitrogens with one attached hydrogen (secondary N) is 2. The second kappa shape index (κ2) is 10.7. The Bertz CT molecular complexity index is 1170. The first-order valence-electron chi connectivity index (χ1n) is 11.0. The number of anilines is 2. The number of carboxylic acid groups (broad SMARTS) is 1. The van der Waals surface area contributed by atoms with E-state index in [4.69, 9.17) is 4.74 Å². The van der Waals surface area contributed by atoms with Crippen LogP contribution in [0.25, 0.3) is 11.1 Å². The molecule has 0 unspecified atom stereocenters. The Labute approximate surface area is 198 Å². The van der Waals surface area contributed by atoms with Crippen molar-refractivity contribution < 1.29 is 24.2 Å². The number of benzene rings is 3. The predicted octanol–water partition coefficient (Wildman–Crippen LogP) is 6.08. The number of Topliss-reactive ketones (excluding diaryl/α,β-unsaturated/α-hetero) is 1.